The van der Waals surface area contributed by atoms with Gasteiger partial charge in [0.1, 0.15) is 12.0 Å². The fourth-order valence-electron chi connectivity index (χ4n) is 1.35. The van der Waals surface area contributed by atoms with Gasteiger partial charge < -0.3 is 5.11 Å². The highest BCUT2D eigenvalue weighted by Gasteiger charge is 2.08. The zero-order valence-corrected chi connectivity index (χ0v) is 8.13. The molecule has 2 aliphatic rings. The summed E-state index contributed by atoms with van der Waals surface area (Å²) in [6.45, 7) is 0.0325. The number of carbonyl (C=O) groups is 1. The highest BCUT2D eigenvalue weighted by molar-refractivity contribution is 5.79. The molecule has 0 aromatic carbocycles. The van der Waals surface area contributed by atoms with Crippen LogP contribution in [0.4, 0.5) is 0 Å². The van der Waals surface area contributed by atoms with E-state index in [2.05, 4.69) is 9.97 Å². The van der Waals surface area contributed by atoms with Gasteiger partial charge in [0, 0.05) is 25.4 Å². The second-order valence-corrected chi connectivity index (χ2v) is 3.22. The van der Waals surface area contributed by atoms with Crippen molar-refractivity contribution in [2.45, 2.75) is 12.8 Å². The second-order valence-electron chi connectivity index (χ2n) is 3.22. The van der Waals surface area contributed by atoms with Gasteiger partial charge in [0.05, 0.1) is 5.69 Å². The van der Waals surface area contributed by atoms with Crippen molar-refractivity contribution in [3.05, 3.63) is 24.8 Å². The minimum absolute atomic E-state index is 0.0325. The van der Waals surface area contributed by atoms with Gasteiger partial charge in [0.2, 0.25) is 5.91 Å². The van der Waals surface area contributed by atoms with Gasteiger partial charge in [-0.2, -0.15) is 0 Å². The molecule has 0 radical (unpaired) electrons. The number of hydrogen-bond acceptors (Lipinski definition) is 4. The van der Waals surface area contributed by atoms with Gasteiger partial charge in [-0.3, -0.25) is 9.36 Å². The van der Waals surface area contributed by atoms with E-state index in [0.717, 1.165) is 5.69 Å². The number of imidazole rings is 1. The summed E-state index contributed by atoms with van der Waals surface area (Å²) in [5.74, 6) is -0.0473. The maximum absolute atomic E-state index is 11.6. The van der Waals surface area contributed by atoms with Crippen LogP contribution in [-0.4, -0.2) is 32.2 Å². The lowest BCUT2D eigenvalue weighted by molar-refractivity contribution is 0.0890. The number of fused-ring (bicyclic) bond motifs is 1. The molecule has 2 heterocycles. The number of aliphatic hydroxyl groups excluding tert-OH is 1. The molecule has 78 valence electrons. The van der Waals surface area contributed by atoms with Crippen LogP contribution in [0.3, 0.4) is 0 Å². The van der Waals surface area contributed by atoms with Gasteiger partial charge in [0.25, 0.3) is 0 Å². The van der Waals surface area contributed by atoms with Gasteiger partial charge in [0.15, 0.2) is 0 Å². The van der Waals surface area contributed by atoms with E-state index < -0.39 is 0 Å². The Balaban J connectivity index is 2.21. The average molecular weight is 205 g/mol. The summed E-state index contributed by atoms with van der Waals surface area (Å²) in [6.07, 6.45) is 5.60. The van der Waals surface area contributed by atoms with Gasteiger partial charge in [-0.25, -0.2) is 9.97 Å². The molecule has 0 aromatic rings. The van der Waals surface area contributed by atoms with Crippen LogP contribution in [0.1, 0.15) is 17.6 Å². The maximum Gasteiger partial charge on any atom is 0.230 e. The molecule has 0 aromatic heterocycles. The molecule has 2 rings (SSSR count). The fraction of sp³-hybridized carbons (Fsp3) is 0.300. The highest BCUT2D eigenvalue weighted by Crippen LogP contribution is 2.15. The predicted molar refractivity (Wildman–Crippen MR) is 53.6 cm³/mol. The fourth-order valence-corrected chi connectivity index (χ4v) is 1.35. The highest BCUT2D eigenvalue weighted by atomic mass is 16.3. The molecule has 0 unspecified atom stereocenters. The van der Waals surface area contributed by atoms with Gasteiger partial charge in [-0.1, -0.05) is 0 Å². The van der Waals surface area contributed by atoms with Crippen molar-refractivity contribution in [1.82, 2.24) is 14.5 Å². The van der Waals surface area contributed by atoms with Crippen molar-refractivity contribution in [2.24, 2.45) is 0 Å². The number of aromatic nitrogens is 3. The summed E-state index contributed by atoms with van der Waals surface area (Å²) in [4.78, 5) is 19.6. The molecule has 0 saturated carbocycles. The predicted octanol–water partition coefficient (Wildman–Crippen LogP) is 0.796. The van der Waals surface area contributed by atoms with E-state index in [1.54, 1.807) is 18.5 Å². The molecular formula is C10H11N3O2. The zero-order valence-electron chi connectivity index (χ0n) is 8.13. The first-order valence-electron chi connectivity index (χ1n) is 4.74. The molecule has 0 fully saturated rings. The molecule has 0 saturated heterocycles. The lowest BCUT2D eigenvalue weighted by atomic mass is 10.2. The molecule has 5 heteroatoms. The van der Waals surface area contributed by atoms with Gasteiger partial charge >= 0.3 is 0 Å². The normalized spacial score (nSPS) is 10.7. The second kappa shape index (κ2) is 4.18. The molecule has 2 aliphatic heterocycles. The number of carbonyl (C=O) groups excluding carboxylic acids is 1. The van der Waals surface area contributed by atoms with E-state index in [9.17, 15) is 4.79 Å². The first-order valence-corrected chi connectivity index (χ1v) is 4.74. The van der Waals surface area contributed by atoms with Crippen LogP contribution < -0.4 is 0 Å². The smallest absolute Gasteiger partial charge is 0.230 e. The molecular weight excluding hydrogens is 194 g/mol. The summed E-state index contributed by atoms with van der Waals surface area (Å²) in [5, 5.41) is 8.62. The minimum Gasteiger partial charge on any atom is -0.396 e. The molecule has 0 aliphatic carbocycles. The third-order valence-electron chi connectivity index (χ3n) is 2.15. The van der Waals surface area contributed by atoms with E-state index in [0.29, 0.717) is 18.5 Å². The van der Waals surface area contributed by atoms with Crippen LogP contribution in [-0.2, 0) is 0 Å². The summed E-state index contributed by atoms with van der Waals surface area (Å²) in [7, 11) is 0. The van der Waals surface area contributed by atoms with Crippen molar-refractivity contribution < 1.29 is 9.90 Å². The number of rotatable bonds is 3. The first kappa shape index (κ1) is 9.79. The SMILES string of the molecule is O=C(CCCO)n1ccc2ncnc-2c1. The Hall–Kier alpha value is -1.75. The summed E-state index contributed by atoms with van der Waals surface area (Å²) >= 11 is 0. The van der Waals surface area contributed by atoms with Crippen molar-refractivity contribution >= 4 is 5.91 Å². The van der Waals surface area contributed by atoms with Gasteiger partial charge in [-0.15, -0.1) is 0 Å². The molecule has 5 nitrogen and oxygen atoms in total. The summed E-state index contributed by atoms with van der Waals surface area (Å²) in [5.41, 5.74) is 1.48. The monoisotopic (exact) mass is 205 g/mol. The topological polar surface area (TPSA) is 68.0 Å². The zero-order chi connectivity index (χ0) is 10.7. The van der Waals surface area contributed by atoms with E-state index in [-0.39, 0.29) is 12.5 Å². The first-order chi connectivity index (χ1) is 7.31. The van der Waals surface area contributed by atoms with Crippen LogP contribution in [0, 0.1) is 0 Å². The molecule has 0 spiro atoms. The number of nitrogens with zero attached hydrogens (tertiary/aromatic N) is 3. The lowest BCUT2D eigenvalue weighted by Gasteiger charge is -2.05. The molecule has 0 atom stereocenters. The number of aliphatic hydroxyl groups is 1. The van der Waals surface area contributed by atoms with Crippen molar-refractivity contribution in [2.75, 3.05) is 6.61 Å². The molecule has 15 heavy (non-hydrogen) atoms. The largest absolute Gasteiger partial charge is 0.396 e. The Morgan fingerprint density at radius 1 is 1.40 bits per heavy atom. The molecule has 0 bridgehead atoms. The van der Waals surface area contributed by atoms with Crippen LogP contribution in [0.2, 0.25) is 0 Å². The van der Waals surface area contributed by atoms with Crippen molar-refractivity contribution in [3.8, 4) is 11.4 Å². The lowest BCUT2D eigenvalue weighted by Crippen LogP contribution is -2.11. The molecule has 1 N–H and O–H groups in total. The Kier molecular flexibility index (Phi) is 2.73. The average Bonchev–Trinajstić information content (AvgIpc) is 2.72. The van der Waals surface area contributed by atoms with Crippen LogP contribution in [0.15, 0.2) is 24.8 Å². The van der Waals surface area contributed by atoms with E-state index in [4.69, 9.17) is 5.11 Å². The Morgan fingerprint density at radius 3 is 3.00 bits per heavy atom. The van der Waals surface area contributed by atoms with Crippen molar-refractivity contribution in [3.63, 3.8) is 0 Å². The van der Waals surface area contributed by atoms with Crippen LogP contribution in [0.25, 0.3) is 11.4 Å². The quantitative estimate of drug-likeness (QED) is 0.804. The summed E-state index contributed by atoms with van der Waals surface area (Å²) < 4.78 is 1.48. The van der Waals surface area contributed by atoms with Crippen LogP contribution in [0.5, 0.6) is 0 Å². The maximum atomic E-state index is 11.6. The third-order valence-corrected chi connectivity index (χ3v) is 2.15. The van der Waals surface area contributed by atoms with E-state index in [1.807, 2.05) is 0 Å². The van der Waals surface area contributed by atoms with Gasteiger partial charge in [-0.05, 0) is 12.5 Å². The third kappa shape index (κ3) is 2.02. The van der Waals surface area contributed by atoms with E-state index in [1.165, 1.54) is 10.9 Å². The van der Waals surface area contributed by atoms with Crippen molar-refractivity contribution in [1.29, 1.82) is 0 Å². The molecule has 0 amide bonds. The minimum atomic E-state index is -0.0473. The Labute approximate surface area is 86.7 Å². The van der Waals surface area contributed by atoms with E-state index >= 15 is 0 Å². The van der Waals surface area contributed by atoms with Crippen LogP contribution >= 0.6 is 0 Å². The summed E-state index contributed by atoms with van der Waals surface area (Å²) in [6, 6.07) is 1.75. The Morgan fingerprint density at radius 2 is 2.20 bits per heavy atom. The number of hydrogen-bond donors (Lipinski definition) is 1. The Bertz CT molecular complexity index is 438. The number of pyridine rings is 1. The standard InChI is InChI=1S/C10H11N3O2/c14-5-1-2-10(15)13-4-3-8-9(6-13)12-7-11-8/h3-4,6-7,14H,1-2,5H2.